The van der Waals surface area contributed by atoms with Gasteiger partial charge in [0.2, 0.25) is 0 Å². The van der Waals surface area contributed by atoms with Crippen LogP contribution in [0, 0.1) is 0 Å². The molecule has 0 aliphatic rings. The molecule has 13 heavy (non-hydrogen) atoms. The van der Waals surface area contributed by atoms with E-state index in [9.17, 15) is 0 Å². The summed E-state index contributed by atoms with van der Waals surface area (Å²) < 4.78 is 0. The zero-order chi connectivity index (χ0) is 9.73. The molecule has 0 aliphatic heterocycles. The summed E-state index contributed by atoms with van der Waals surface area (Å²) in [5, 5.41) is 5.53. The van der Waals surface area contributed by atoms with Gasteiger partial charge in [0.1, 0.15) is 0 Å². The predicted octanol–water partition coefficient (Wildman–Crippen LogP) is 2.55. The van der Waals surface area contributed by atoms with Crippen LogP contribution < -0.4 is 5.32 Å². The third-order valence-electron chi connectivity index (χ3n) is 2.04. The van der Waals surface area contributed by atoms with Crippen molar-refractivity contribution in [3.05, 3.63) is 22.4 Å². The molecule has 74 valence electrons. The van der Waals surface area contributed by atoms with Crippen LogP contribution in [0.3, 0.4) is 0 Å². The predicted molar refractivity (Wildman–Crippen MR) is 64.1 cm³/mol. The molecule has 0 spiro atoms. The van der Waals surface area contributed by atoms with E-state index in [1.165, 1.54) is 4.88 Å². The molecule has 0 fully saturated rings. The van der Waals surface area contributed by atoms with Gasteiger partial charge in [0.05, 0.1) is 0 Å². The van der Waals surface area contributed by atoms with E-state index in [0.29, 0.717) is 0 Å². The molecule has 0 aliphatic carbocycles. The van der Waals surface area contributed by atoms with Gasteiger partial charge in [0.15, 0.2) is 0 Å². The average Bonchev–Trinajstić information content (AvgIpc) is 2.56. The Balaban J connectivity index is 2.46. The van der Waals surface area contributed by atoms with Crippen LogP contribution in [-0.4, -0.2) is 18.8 Å². The summed E-state index contributed by atoms with van der Waals surface area (Å²) in [6.45, 7) is 6.54. The highest BCUT2D eigenvalue weighted by Crippen LogP contribution is 2.26. The number of thiophene rings is 1. The summed E-state index contributed by atoms with van der Waals surface area (Å²) in [5.74, 6) is 0.903. The second-order valence-corrected chi connectivity index (χ2v) is 5.16. The van der Waals surface area contributed by atoms with Crippen LogP contribution in [0.15, 0.2) is 17.5 Å². The fraction of sp³-hybridized carbons (Fsp3) is 0.600. The highest BCUT2D eigenvalue weighted by molar-refractivity contribution is 7.80. The molecule has 1 aromatic heterocycles. The fourth-order valence-electron chi connectivity index (χ4n) is 1.23. The quantitative estimate of drug-likeness (QED) is 0.568. The summed E-state index contributed by atoms with van der Waals surface area (Å²) in [6.07, 6.45) is 0. The van der Waals surface area contributed by atoms with Gasteiger partial charge >= 0.3 is 0 Å². The van der Waals surface area contributed by atoms with E-state index in [4.69, 9.17) is 0 Å². The Morgan fingerprint density at radius 2 is 2.31 bits per heavy atom. The lowest BCUT2D eigenvalue weighted by molar-refractivity contribution is 0.487. The first kappa shape index (κ1) is 11.1. The van der Waals surface area contributed by atoms with E-state index >= 15 is 0 Å². The van der Waals surface area contributed by atoms with Gasteiger partial charge in [-0.25, -0.2) is 0 Å². The minimum absolute atomic E-state index is 0.247. The Labute approximate surface area is 90.0 Å². The smallest absolute Gasteiger partial charge is 0.0115 e. The lowest BCUT2D eigenvalue weighted by Gasteiger charge is -2.23. The lowest BCUT2D eigenvalue weighted by Crippen LogP contribution is -2.33. The van der Waals surface area contributed by atoms with Crippen molar-refractivity contribution >= 4 is 24.0 Å². The molecule has 0 unspecified atom stereocenters. The second-order valence-electron chi connectivity index (χ2n) is 3.76. The van der Waals surface area contributed by atoms with Gasteiger partial charge in [-0.05, 0) is 11.4 Å². The van der Waals surface area contributed by atoms with E-state index in [1.807, 2.05) is 11.3 Å². The number of thiol groups is 1. The molecular weight excluding hydrogens is 198 g/mol. The first-order chi connectivity index (χ1) is 6.17. The van der Waals surface area contributed by atoms with E-state index in [0.717, 1.165) is 18.8 Å². The topological polar surface area (TPSA) is 12.0 Å². The van der Waals surface area contributed by atoms with Gasteiger partial charge in [-0.15, -0.1) is 11.3 Å². The molecule has 0 saturated carbocycles. The van der Waals surface area contributed by atoms with E-state index in [2.05, 4.69) is 49.3 Å². The molecule has 0 aromatic carbocycles. The molecule has 0 saturated heterocycles. The number of rotatable bonds is 5. The Morgan fingerprint density at radius 1 is 1.54 bits per heavy atom. The monoisotopic (exact) mass is 215 g/mol. The van der Waals surface area contributed by atoms with Gasteiger partial charge in [0.25, 0.3) is 0 Å². The van der Waals surface area contributed by atoms with Gasteiger partial charge in [-0.3, -0.25) is 0 Å². The largest absolute Gasteiger partial charge is 0.315 e. The minimum Gasteiger partial charge on any atom is -0.315 e. The van der Waals surface area contributed by atoms with Crippen LogP contribution >= 0.6 is 24.0 Å². The zero-order valence-corrected chi connectivity index (χ0v) is 9.92. The van der Waals surface area contributed by atoms with Crippen molar-refractivity contribution in [3.63, 3.8) is 0 Å². The molecule has 0 radical (unpaired) electrons. The van der Waals surface area contributed by atoms with Crippen LogP contribution in [0.4, 0.5) is 0 Å². The van der Waals surface area contributed by atoms with Crippen LogP contribution in [0.1, 0.15) is 18.7 Å². The Kier molecular flexibility index (Phi) is 4.29. The second kappa shape index (κ2) is 5.03. The highest BCUT2D eigenvalue weighted by Gasteiger charge is 2.20. The molecule has 0 atom stereocenters. The Morgan fingerprint density at radius 3 is 2.85 bits per heavy atom. The van der Waals surface area contributed by atoms with Crippen molar-refractivity contribution in [2.45, 2.75) is 19.3 Å². The summed E-state index contributed by atoms with van der Waals surface area (Å²) in [7, 11) is 0. The first-order valence-corrected chi connectivity index (χ1v) is 6.03. The van der Waals surface area contributed by atoms with Gasteiger partial charge in [0, 0.05) is 29.1 Å². The molecule has 1 rings (SSSR count). The summed E-state index contributed by atoms with van der Waals surface area (Å²) in [4.78, 5) is 1.44. The summed E-state index contributed by atoms with van der Waals surface area (Å²) in [6, 6.07) is 4.31. The molecule has 0 amide bonds. The van der Waals surface area contributed by atoms with Crippen LogP contribution in [0.25, 0.3) is 0 Å². The van der Waals surface area contributed by atoms with Gasteiger partial charge in [-0.2, -0.15) is 12.6 Å². The minimum atomic E-state index is 0.247. The molecule has 3 heteroatoms. The molecule has 0 bridgehead atoms. The van der Waals surface area contributed by atoms with E-state index in [-0.39, 0.29) is 5.41 Å². The Hall–Kier alpha value is 0.01000. The van der Waals surface area contributed by atoms with Crippen molar-refractivity contribution in [1.82, 2.24) is 5.32 Å². The van der Waals surface area contributed by atoms with E-state index in [1.54, 1.807) is 0 Å². The number of hydrogen-bond donors (Lipinski definition) is 2. The SMILES string of the molecule is CC(C)(CNCCS)c1cccs1. The van der Waals surface area contributed by atoms with Crippen molar-refractivity contribution in [3.8, 4) is 0 Å². The number of hydrogen-bond acceptors (Lipinski definition) is 3. The van der Waals surface area contributed by atoms with Crippen LogP contribution in [0.5, 0.6) is 0 Å². The molecule has 1 heterocycles. The Bertz CT molecular complexity index is 229. The van der Waals surface area contributed by atoms with Crippen molar-refractivity contribution in [2.75, 3.05) is 18.8 Å². The first-order valence-electron chi connectivity index (χ1n) is 4.52. The average molecular weight is 215 g/mol. The van der Waals surface area contributed by atoms with Crippen molar-refractivity contribution in [2.24, 2.45) is 0 Å². The zero-order valence-electron chi connectivity index (χ0n) is 8.21. The van der Waals surface area contributed by atoms with Crippen molar-refractivity contribution in [1.29, 1.82) is 0 Å². The lowest BCUT2D eigenvalue weighted by atomic mass is 9.91. The third-order valence-corrected chi connectivity index (χ3v) is 3.50. The third kappa shape index (κ3) is 3.33. The van der Waals surface area contributed by atoms with Crippen LogP contribution in [-0.2, 0) is 5.41 Å². The normalized spacial score (nSPS) is 11.9. The highest BCUT2D eigenvalue weighted by atomic mass is 32.1. The maximum atomic E-state index is 4.17. The molecular formula is C10H17NS2. The molecule has 1 aromatic rings. The number of nitrogens with one attached hydrogen (secondary N) is 1. The summed E-state index contributed by atoms with van der Waals surface area (Å²) >= 11 is 5.99. The molecule has 1 N–H and O–H groups in total. The van der Waals surface area contributed by atoms with Gasteiger partial charge in [-0.1, -0.05) is 19.9 Å². The van der Waals surface area contributed by atoms with Crippen LogP contribution in [0.2, 0.25) is 0 Å². The fourth-order valence-corrected chi connectivity index (χ4v) is 2.24. The maximum Gasteiger partial charge on any atom is 0.0115 e. The molecule has 1 nitrogen and oxygen atoms in total. The van der Waals surface area contributed by atoms with E-state index < -0.39 is 0 Å². The maximum absolute atomic E-state index is 4.17. The summed E-state index contributed by atoms with van der Waals surface area (Å²) in [5.41, 5.74) is 0.247. The van der Waals surface area contributed by atoms with Gasteiger partial charge < -0.3 is 5.32 Å². The van der Waals surface area contributed by atoms with Crippen molar-refractivity contribution < 1.29 is 0 Å². The standard InChI is InChI=1S/C10H17NS2/c1-10(2,8-11-5-6-12)9-4-3-7-13-9/h3-4,7,11-12H,5-6,8H2,1-2H3.